The Morgan fingerprint density at radius 2 is 1.67 bits per heavy atom. The number of carbonyl (C=O) groups excluding carboxylic acids is 1. The summed E-state index contributed by atoms with van der Waals surface area (Å²) in [7, 11) is 0. The van der Waals surface area contributed by atoms with Gasteiger partial charge < -0.3 is 9.90 Å². The lowest BCUT2D eigenvalue weighted by molar-refractivity contribution is -0.137. The van der Waals surface area contributed by atoms with Crippen molar-refractivity contribution in [3.05, 3.63) is 12.2 Å². The predicted octanol–water partition coefficient (Wildman–Crippen LogP) is 2.95. The highest BCUT2D eigenvalue weighted by Gasteiger charge is 1.95. The van der Waals surface area contributed by atoms with Crippen LogP contribution in [-0.4, -0.2) is 17.4 Å². The number of carboxylic acid groups (broad SMARTS) is 1. The highest BCUT2D eigenvalue weighted by molar-refractivity contribution is 5.66. The Hall–Kier alpha value is -1.12. The fourth-order valence-electron chi connectivity index (χ4n) is 1.34. The standard InChI is InChI=1S/C12H20O3/c13-11-9-7-5-3-1-2-4-6-8-10-12(14)15/h5,7,11H,1-4,6,8-10H2,(H,14,15)/b7-5+. The summed E-state index contributed by atoms with van der Waals surface area (Å²) in [6.45, 7) is 0. The molecule has 0 spiro atoms. The molecule has 0 bridgehead atoms. The van der Waals surface area contributed by atoms with Crippen LogP contribution in [-0.2, 0) is 9.59 Å². The first-order chi connectivity index (χ1) is 7.27. The Kier molecular flexibility index (Phi) is 10.1. The molecule has 0 aliphatic carbocycles. The van der Waals surface area contributed by atoms with Gasteiger partial charge in [-0.3, -0.25) is 4.79 Å². The minimum absolute atomic E-state index is 0.291. The first kappa shape index (κ1) is 13.9. The molecular weight excluding hydrogens is 192 g/mol. The van der Waals surface area contributed by atoms with E-state index in [2.05, 4.69) is 0 Å². The Bertz CT molecular complexity index is 197. The average Bonchev–Trinajstić information content (AvgIpc) is 2.20. The average molecular weight is 212 g/mol. The second kappa shape index (κ2) is 11.0. The van der Waals surface area contributed by atoms with E-state index in [9.17, 15) is 9.59 Å². The fraction of sp³-hybridized carbons (Fsp3) is 0.667. The number of hydrogen-bond acceptors (Lipinski definition) is 2. The summed E-state index contributed by atoms with van der Waals surface area (Å²) in [6, 6.07) is 0. The van der Waals surface area contributed by atoms with Gasteiger partial charge >= 0.3 is 5.97 Å². The van der Waals surface area contributed by atoms with Crippen LogP contribution >= 0.6 is 0 Å². The van der Waals surface area contributed by atoms with Gasteiger partial charge in [0.15, 0.2) is 0 Å². The molecule has 0 aromatic heterocycles. The van der Waals surface area contributed by atoms with Crippen LogP contribution < -0.4 is 0 Å². The number of aldehydes is 1. The molecule has 0 unspecified atom stereocenters. The second-order valence-corrected chi connectivity index (χ2v) is 3.57. The number of unbranched alkanes of at least 4 members (excludes halogenated alkanes) is 5. The molecule has 0 fully saturated rings. The molecule has 0 radical (unpaired) electrons. The van der Waals surface area contributed by atoms with Gasteiger partial charge in [0.2, 0.25) is 0 Å². The van der Waals surface area contributed by atoms with Gasteiger partial charge in [0.25, 0.3) is 0 Å². The molecule has 0 amide bonds. The molecule has 0 aromatic carbocycles. The van der Waals surface area contributed by atoms with E-state index in [0.717, 1.165) is 44.8 Å². The smallest absolute Gasteiger partial charge is 0.303 e. The van der Waals surface area contributed by atoms with E-state index in [-0.39, 0.29) is 0 Å². The van der Waals surface area contributed by atoms with Crippen LogP contribution in [0.5, 0.6) is 0 Å². The zero-order valence-electron chi connectivity index (χ0n) is 9.15. The van der Waals surface area contributed by atoms with E-state index in [1.54, 1.807) is 0 Å². The van der Waals surface area contributed by atoms with E-state index < -0.39 is 5.97 Å². The number of carbonyl (C=O) groups is 2. The summed E-state index contributed by atoms with van der Waals surface area (Å²) in [4.78, 5) is 20.2. The topological polar surface area (TPSA) is 54.4 Å². The van der Waals surface area contributed by atoms with Crippen molar-refractivity contribution in [3.63, 3.8) is 0 Å². The molecule has 0 heterocycles. The van der Waals surface area contributed by atoms with Gasteiger partial charge in [-0.1, -0.05) is 31.4 Å². The van der Waals surface area contributed by atoms with Crippen molar-refractivity contribution in [2.75, 3.05) is 0 Å². The van der Waals surface area contributed by atoms with Gasteiger partial charge in [0.1, 0.15) is 6.29 Å². The van der Waals surface area contributed by atoms with E-state index in [1.807, 2.05) is 12.2 Å². The maximum absolute atomic E-state index is 10.2. The maximum Gasteiger partial charge on any atom is 0.303 e. The van der Waals surface area contributed by atoms with Crippen LogP contribution in [0.25, 0.3) is 0 Å². The van der Waals surface area contributed by atoms with Crippen molar-refractivity contribution in [2.45, 2.75) is 51.4 Å². The number of hydrogen-bond donors (Lipinski definition) is 1. The molecule has 3 nitrogen and oxygen atoms in total. The monoisotopic (exact) mass is 212 g/mol. The van der Waals surface area contributed by atoms with Crippen LogP contribution in [0.3, 0.4) is 0 Å². The van der Waals surface area contributed by atoms with Crippen molar-refractivity contribution in [2.24, 2.45) is 0 Å². The lowest BCUT2D eigenvalue weighted by Crippen LogP contribution is -1.93. The van der Waals surface area contributed by atoms with Gasteiger partial charge in [0, 0.05) is 12.8 Å². The summed E-state index contributed by atoms with van der Waals surface area (Å²) in [6.07, 6.45) is 11.8. The van der Waals surface area contributed by atoms with E-state index in [4.69, 9.17) is 5.11 Å². The second-order valence-electron chi connectivity index (χ2n) is 3.57. The van der Waals surface area contributed by atoms with Crippen LogP contribution in [0.1, 0.15) is 51.4 Å². The summed E-state index contributed by atoms with van der Waals surface area (Å²) < 4.78 is 0. The molecular formula is C12H20O3. The van der Waals surface area contributed by atoms with Crippen LogP contribution in [0.2, 0.25) is 0 Å². The molecule has 0 rings (SSSR count). The van der Waals surface area contributed by atoms with E-state index in [0.29, 0.717) is 12.8 Å². The van der Waals surface area contributed by atoms with Gasteiger partial charge in [-0.2, -0.15) is 0 Å². The van der Waals surface area contributed by atoms with E-state index >= 15 is 0 Å². The first-order valence-electron chi connectivity index (χ1n) is 5.58. The van der Waals surface area contributed by atoms with Gasteiger partial charge in [-0.15, -0.1) is 0 Å². The molecule has 0 saturated heterocycles. The van der Waals surface area contributed by atoms with Crippen molar-refractivity contribution >= 4 is 12.3 Å². The molecule has 0 aromatic rings. The summed E-state index contributed by atoms with van der Waals surface area (Å²) in [5.41, 5.74) is 0. The molecule has 0 atom stereocenters. The Balaban J connectivity index is 3.04. The normalized spacial score (nSPS) is 10.7. The molecule has 3 heteroatoms. The van der Waals surface area contributed by atoms with Crippen molar-refractivity contribution in [1.29, 1.82) is 0 Å². The molecule has 0 aliphatic rings. The lowest BCUT2D eigenvalue weighted by atomic mass is 10.1. The summed E-state index contributed by atoms with van der Waals surface area (Å²) in [5.74, 6) is -0.702. The SMILES string of the molecule is O=CC/C=C/CCCCCCCC(=O)O. The maximum atomic E-state index is 10.2. The minimum Gasteiger partial charge on any atom is -0.481 e. The van der Waals surface area contributed by atoms with Crippen LogP contribution in [0, 0.1) is 0 Å². The molecule has 0 aliphatic heterocycles. The largest absolute Gasteiger partial charge is 0.481 e. The quantitative estimate of drug-likeness (QED) is 0.344. The summed E-state index contributed by atoms with van der Waals surface area (Å²) >= 11 is 0. The third-order valence-electron chi connectivity index (χ3n) is 2.16. The number of allylic oxidation sites excluding steroid dienone is 2. The Morgan fingerprint density at radius 1 is 1.00 bits per heavy atom. The number of rotatable bonds is 10. The van der Waals surface area contributed by atoms with Gasteiger partial charge in [-0.25, -0.2) is 0 Å². The zero-order chi connectivity index (χ0) is 11.4. The fourth-order valence-corrected chi connectivity index (χ4v) is 1.34. The molecule has 1 N–H and O–H groups in total. The number of carboxylic acids is 1. The van der Waals surface area contributed by atoms with Crippen molar-refractivity contribution in [3.8, 4) is 0 Å². The zero-order valence-corrected chi connectivity index (χ0v) is 9.15. The summed E-state index contributed by atoms with van der Waals surface area (Å²) in [5, 5.41) is 8.40. The molecule has 15 heavy (non-hydrogen) atoms. The van der Waals surface area contributed by atoms with Crippen molar-refractivity contribution in [1.82, 2.24) is 0 Å². The third kappa shape index (κ3) is 12.9. The Labute approximate surface area is 91.2 Å². The molecule has 86 valence electrons. The first-order valence-corrected chi connectivity index (χ1v) is 5.58. The third-order valence-corrected chi connectivity index (χ3v) is 2.16. The van der Waals surface area contributed by atoms with E-state index in [1.165, 1.54) is 0 Å². The highest BCUT2D eigenvalue weighted by atomic mass is 16.4. The lowest BCUT2D eigenvalue weighted by Gasteiger charge is -1.97. The van der Waals surface area contributed by atoms with Gasteiger partial charge in [0.05, 0.1) is 0 Å². The Morgan fingerprint density at radius 3 is 2.33 bits per heavy atom. The number of aliphatic carboxylic acids is 1. The van der Waals surface area contributed by atoms with Crippen molar-refractivity contribution < 1.29 is 14.7 Å². The predicted molar refractivity (Wildman–Crippen MR) is 59.8 cm³/mol. The highest BCUT2D eigenvalue weighted by Crippen LogP contribution is 2.07. The minimum atomic E-state index is -0.702. The molecule has 0 saturated carbocycles. The van der Waals surface area contributed by atoms with Crippen LogP contribution in [0.15, 0.2) is 12.2 Å². The van der Waals surface area contributed by atoms with Gasteiger partial charge in [-0.05, 0) is 19.3 Å². The van der Waals surface area contributed by atoms with Crippen LogP contribution in [0.4, 0.5) is 0 Å².